The van der Waals surface area contributed by atoms with Gasteiger partial charge in [-0.2, -0.15) is 5.26 Å². The molecule has 2 aliphatic heterocycles. The number of nitriles is 1. The van der Waals surface area contributed by atoms with Crippen molar-refractivity contribution in [3.8, 4) is 6.07 Å². The number of nitrogens with zero attached hydrogens (tertiary/aromatic N) is 2. The highest BCUT2D eigenvalue weighted by atomic mass is 79.9. The van der Waals surface area contributed by atoms with Crippen molar-refractivity contribution in [3.63, 3.8) is 0 Å². The Morgan fingerprint density at radius 1 is 1.32 bits per heavy atom. The van der Waals surface area contributed by atoms with Crippen LogP contribution in [0.5, 0.6) is 0 Å². The van der Waals surface area contributed by atoms with Crippen molar-refractivity contribution in [1.82, 2.24) is 5.32 Å². The number of anilines is 1. The average molecular weight is 315 g/mol. The second kappa shape index (κ2) is 4.48. The van der Waals surface area contributed by atoms with Crippen molar-refractivity contribution >= 4 is 21.6 Å². The lowest BCUT2D eigenvalue weighted by molar-refractivity contribution is 0.962. The van der Waals surface area contributed by atoms with E-state index in [0.717, 1.165) is 27.9 Å². The van der Waals surface area contributed by atoms with Gasteiger partial charge in [-0.3, -0.25) is 0 Å². The molecule has 94 valence electrons. The summed E-state index contributed by atoms with van der Waals surface area (Å²) in [6.45, 7) is 0.739. The number of allylic oxidation sites excluding steroid dienone is 1. The molecule has 0 amide bonds. The molecule has 0 aliphatic carbocycles. The normalized spacial score (nSPS) is 17.4. The summed E-state index contributed by atoms with van der Waals surface area (Å²) >= 11 is 3.42. The summed E-state index contributed by atoms with van der Waals surface area (Å²) in [6, 6.07) is 10.2. The van der Waals surface area contributed by atoms with Crippen molar-refractivity contribution in [2.75, 3.05) is 11.4 Å². The smallest absolute Gasteiger partial charge is 0.119 e. The SMILES string of the molecule is N#CC1=C(N)NC=C2CN(c3ccc(Br)cc3)C=C21. The molecule has 5 heteroatoms. The van der Waals surface area contributed by atoms with E-state index in [4.69, 9.17) is 5.73 Å². The largest absolute Gasteiger partial charge is 0.384 e. The minimum Gasteiger partial charge on any atom is -0.384 e. The summed E-state index contributed by atoms with van der Waals surface area (Å²) in [7, 11) is 0. The Balaban J connectivity index is 1.98. The number of dihydropyridines is 1. The first-order chi connectivity index (χ1) is 9.19. The molecule has 0 bridgehead atoms. The maximum absolute atomic E-state index is 9.18. The predicted molar refractivity (Wildman–Crippen MR) is 77.6 cm³/mol. The number of fused-ring (bicyclic) bond motifs is 1. The minimum atomic E-state index is 0.412. The van der Waals surface area contributed by atoms with Gasteiger partial charge >= 0.3 is 0 Å². The topological polar surface area (TPSA) is 65.1 Å². The first-order valence-electron chi connectivity index (χ1n) is 5.79. The molecule has 0 fully saturated rings. The molecule has 1 aromatic carbocycles. The molecule has 0 radical (unpaired) electrons. The highest BCUT2D eigenvalue weighted by Gasteiger charge is 2.26. The monoisotopic (exact) mass is 314 g/mol. The Morgan fingerprint density at radius 2 is 2.05 bits per heavy atom. The molecule has 0 saturated carbocycles. The highest BCUT2D eigenvalue weighted by Crippen LogP contribution is 2.33. The lowest BCUT2D eigenvalue weighted by Gasteiger charge is -2.16. The number of hydrogen-bond acceptors (Lipinski definition) is 4. The summed E-state index contributed by atoms with van der Waals surface area (Å²) < 4.78 is 1.04. The average Bonchev–Trinajstić information content (AvgIpc) is 2.83. The molecule has 1 aromatic rings. The van der Waals surface area contributed by atoms with Crippen LogP contribution in [-0.2, 0) is 0 Å². The fraction of sp³-hybridized carbons (Fsp3) is 0.0714. The summed E-state index contributed by atoms with van der Waals surface area (Å²) in [5.74, 6) is 0.412. The minimum absolute atomic E-state index is 0.412. The quantitative estimate of drug-likeness (QED) is 0.835. The van der Waals surface area contributed by atoms with Gasteiger partial charge in [-0.05, 0) is 29.8 Å². The second-order valence-corrected chi connectivity index (χ2v) is 5.28. The van der Waals surface area contributed by atoms with Gasteiger partial charge in [0.1, 0.15) is 17.5 Å². The van der Waals surface area contributed by atoms with Gasteiger partial charge in [-0.25, -0.2) is 0 Å². The Kier molecular flexibility index (Phi) is 2.80. The zero-order valence-corrected chi connectivity index (χ0v) is 11.6. The van der Waals surface area contributed by atoms with Crippen LogP contribution >= 0.6 is 15.9 Å². The maximum atomic E-state index is 9.18. The molecule has 3 N–H and O–H groups in total. The van der Waals surface area contributed by atoms with Crippen LogP contribution in [0.1, 0.15) is 0 Å². The molecular weight excluding hydrogens is 304 g/mol. The third-order valence-corrected chi connectivity index (χ3v) is 3.71. The number of rotatable bonds is 1. The van der Waals surface area contributed by atoms with E-state index in [1.54, 1.807) is 0 Å². The maximum Gasteiger partial charge on any atom is 0.119 e. The number of nitrogens with two attached hydrogens (primary N) is 1. The van der Waals surface area contributed by atoms with Gasteiger partial charge in [-0.1, -0.05) is 15.9 Å². The molecule has 0 aromatic heterocycles. The van der Waals surface area contributed by atoms with E-state index in [0.29, 0.717) is 11.4 Å². The number of hydrogen-bond donors (Lipinski definition) is 2. The summed E-state index contributed by atoms with van der Waals surface area (Å²) in [5, 5.41) is 12.1. The Hall–Kier alpha value is -2.19. The molecule has 0 spiro atoms. The van der Waals surface area contributed by atoms with Crippen molar-refractivity contribution < 1.29 is 0 Å². The summed E-state index contributed by atoms with van der Waals surface area (Å²) in [5.41, 5.74) is 9.36. The standard InChI is InChI=1S/C14H11BrN4/c15-10-1-3-11(4-2-10)19-7-9-6-18-14(17)12(5-16)13(9)8-19/h1-4,6,8,18H,7,17H2. The van der Waals surface area contributed by atoms with Crippen LogP contribution in [0.15, 0.2) is 63.7 Å². The lowest BCUT2D eigenvalue weighted by Crippen LogP contribution is -2.22. The van der Waals surface area contributed by atoms with Crippen LogP contribution in [0.3, 0.4) is 0 Å². The number of halogens is 1. The van der Waals surface area contributed by atoms with Gasteiger partial charge in [-0.15, -0.1) is 0 Å². The number of benzene rings is 1. The fourth-order valence-corrected chi connectivity index (χ4v) is 2.47. The van der Waals surface area contributed by atoms with E-state index >= 15 is 0 Å². The van der Waals surface area contributed by atoms with Crippen LogP contribution in [0.4, 0.5) is 5.69 Å². The zero-order chi connectivity index (χ0) is 13.4. The van der Waals surface area contributed by atoms with Gasteiger partial charge in [0.25, 0.3) is 0 Å². The van der Waals surface area contributed by atoms with Gasteiger partial charge in [0.05, 0.1) is 0 Å². The number of nitrogens with one attached hydrogen (secondary N) is 1. The van der Waals surface area contributed by atoms with Gasteiger partial charge in [0, 0.05) is 34.7 Å². The van der Waals surface area contributed by atoms with E-state index in [-0.39, 0.29) is 0 Å². The van der Waals surface area contributed by atoms with E-state index in [9.17, 15) is 5.26 Å². The fourth-order valence-electron chi connectivity index (χ4n) is 2.20. The first-order valence-corrected chi connectivity index (χ1v) is 6.58. The Bertz CT molecular complexity index is 662. The molecule has 0 saturated heterocycles. The van der Waals surface area contributed by atoms with Crippen LogP contribution < -0.4 is 16.0 Å². The van der Waals surface area contributed by atoms with E-state index in [2.05, 4.69) is 32.2 Å². The van der Waals surface area contributed by atoms with Crippen LogP contribution in [0.25, 0.3) is 0 Å². The molecule has 2 aliphatic rings. The van der Waals surface area contributed by atoms with E-state index < -0.39 is 0 Å². The van der Waals surface area contributed by atoms with Crippen LogP contribution in [0, 0.1) is 11.3 Å². The molecule has 0 unspecified atom stereocenters. The van der Waals surface area contributed by atoms with Gasteiger partial charge in [0.2, 0.25) is 0 Å². The molecule has 3 rings (SSSR count). The molecule has 19 heavy (non-hydrogen) atoms. The van der Waals surface area contributed by atoms with E-state index in [1.165, 1.54) is 0 Å². The van der Waals surface area contributed by atoms with Crippen LogP contribution in [0.2, 0.25) is 0 Å². The van der Waals surface area contributed by atoms with Crippen molar-refractivity contribution in [2.24, 2.45) is 5.73 Å². The van der Waals surface area contributed by atoms with Crippen molar-refractivity contribution in [2.45, 2.75) is 0 Å². The van der Waals surface area contributed by atoms with Crippen molar-refractivity contribution in [1.29, 1.82) is 5.26 Å². The van der Waals surface area contributed by atoms with E-state index in [1.807, 2.05) is 36.7 Å². The first kappa shape index (κ1) is 11.9. The Morgan fingerprint density at radius 3 is 2.74 bits per heavy atom. The molecular formula is C14H11BrN4. The van der Waals surface area contributed by atoms with Gasteiger partial charge < -0.3 is 16.0 Å². The predicted octanol–water partition coefficient (Wildman–Crippen LogP) is 2.33. The zero-order valence-electron chi connectivity index (χ0n) is 10.0. The molecule has 4 nitrogen and oxygen atoms in total. The van der Waals surface area contributed by atoms with Crippen molar-refractivity contribution in [3.05, 3.63) is 63.7 Å². The lowest BCUT2D eigenvalue weighted by atomic mass is 10.0. The van der Waals surface area contributed by atoms with Gasteiger partial charge in [0.15, 0.2) is 0 Å². The Labute approximate surface area is 119 Å². The third-order valence-electron chi connectivity index (χ3n) is 3.18. The third kappa shape index (κ3) is 2.00. The summed E-state index contributed by atoms with van der Waals surface area (Å²) in [6.07, 6.45) is 3.84. The second-order valence-electron chi connectivity index (χ2n) is 4.36. The molecule has 0 atom stereocenters. The van der Waals surface area contributed by atoms with Crippen LogP contribution in [-0.4, -0.2) is 6.54 Å². The summed E-state index contributed by atoms with van der Waals surface area (Å²) in [4.78, 5) is 2.10. The highest BCUT2D eigenvalue weighted by molar-refractivity contribution is 9.10. The molecule has 2 heterocycles.